The number of rotatable bonds is 4. The number of hydrogen-bond acceptors (Lipinski definition) is 4. The number of fused-ring (bicyclic) bond motifs is 1. The molecule has 0 bridgehead atoms. The molecule has 2 heterocycles. The number of hydrogen-bond donors (Lipinski definition) is 1. The highest BCUT2D eigenvalue weighted by Crippen LogP contribution is 2.31. The molecule has 2 aromatic rings. The molecule has 8 heteroatoms. The Labute approximate surface area is 129 Å². The molecule has 1 aliphatic rings. The average Bonchev–Trinajstić information content (AvgIpc) is 3.02. The number of thioether (sulfide) groups is 1. The van der Waals surface area contributed by atoms with Crippen molar-refractivity contribution < 1.29 is 17.9 Å². The number of aromatic nitrogens is 2. The fraction of sp³-hybridized carbons (Fsp3) is 0.357. The third-order valence-electron chi connectivity index (χ3n) is 3.33. The second-order valence-electron chi connectivity index (χ2n) is 4.84. The Hall–Kier alpha value is -1.83. The number of nitrogens with zero attached hydrogens (tertiary/aromatic N) is 2. The van der Waals surface area contributed by atoms with E-state index in [9.17, 15) is 13.2 Å². The van der Waals surface area contributed by atoms with Gasteiger partial charge in [-0.15, -0.1) is 13.2 Å². The molecule has 0 fully saturated rings. The largest absolute Gasteiger partial charge is 0.573 e. The van der Waals surface area contributed by atoms with Gasteiger partial charge in [-0.05, 0) is 36.9 Å². The molecule has 1 N–H and O–H groups in total. The lowest BCUT2D eigenvalue weighted by atomic mass is 10.2. The molecule has 4 nitrogen and oxygen atoms in total. The van der Waals surface area contributed by atoms with Crippen molar-refractivity contribution in [1.82, 2.24) is 9.78 Å². The van der Waals surface area contributed by atoms with Crippen molar-refractivity contribution in [2.45, 2.75) is 18.5 Å². The van der Waals surface area contributed by atoms with E-state index in [2.05, 4.69) is 15.2 Å². The zero-order chi connectivity index (χ0) is 15.7. The minimum Gasteiger partial charge on any atom is -0.406 e. The first-order valence-electron chi connectivity index (χ1n) is 6.67. The Bertz CT molecular complexity index is 667. The first kappa shape index (κ1) is 15.1. The standard InChI is InChI=1S/C14H14F3N3OS/c1-22-8-12-11-6-7-18-13(11)20(19-12)9-2-4-10(5-3-9)21-14(15,16)17/h2-5,18H,6-8H2,1H3. The Morgan fingerprint density at radius 2 is 2.05 bits per heavy atom. The van der Waals surface area contributed by atoms with Crippen LogP contribution in [0.25, 0.3) is 5.69 Å². The van der Waals surface area contributed by atoms with E-state index >= 15 is 0 Å². The van der Waals surface area contributed by atoms with Crippen LogP contribution in [0.15, 0.2) is 24.3 Å². The van der Waals surface area contributed by atoms with Crippen LogP contribution in [0.1, 0.15) is 11.3 Å². The first-order chi connectivity index (χ1) is 10.5. The molecular weight excluding hydrogens is 315 g/mol. The van der Waals surface area contributed by atoms with Gasteiger partial charge in [0.25, 0.3) is 0 Å². The Kier molecular flexibility index (Phi) is 3.94. The number of ether oxygens (including phenoxy) is 1. The Balaban J connectivity index is 1.90. The predicted molar refractivity (Wildman–Crippen MR) is 79.7 cm³/mol. The van der Waals surface area contributed by atoms with Crippen LogP contribution in [-0.2, 0) is 12.2 Å². The summed E-state index contributed by atoms with van der Waals surface area (Å²) in [6, 6.07) is 5.72. The monoisotopic (exact) mass is 329 g/mol. The topological polar surface area (TPSA) is 39.1 Å². The Morgan fingerprint density at radius 3 is 2.68 bits per heavy atom. The Morgan fingerprint density at radius 1 is 1.32 bits per heavy atom. The van der Waals surface area contributed by atoms with E-state index in [1.54, 1.807) is 28.6 Å². The summed E-state index contributed by atoms with van der Waals surface area (Å²) >= 11 is 1.69. The molecule has 0 spiro atoms. The van der Waals surface area contributed by atoms with Crippen LogP contribution in [-0.4, -0.2) is 28.9 Å². The highest BCUT2D eigenvalue weighted by Gasteiger charge is 2.31. The zero-order valence-electron chi connectivity index (χ0n) is 11.8. The van der Waals surface area contributed by atoms with Crippen molar-refractivity contribution in [2.24, 2.45) is 0 Å². The smallest absolute Gasteiger partial charge is 0.406 e. The van der Waals surface area contributed by atoms with Crippen molar-refractivity contribution >= 4 is 17.6 Å². The van der Waals surface area contributed by atoms with Gasteiger partial charge in [-0.3, -0.25) is 0 Å². The molecule has 22 heavy (non-hydrogen) atoms. The molecule has 0 amide bonds. The van der Waals surface area contributed by atoms with Crippen LogP contribution < -0.4 is 10.1 Å². The van der Waals surface area contributed by atoms with Crippen LogP contribution in [0, 0.1) is 0 Å². The summed E-state index contributed by atoms with van der Waals surface area (Å²) in [6.45, 7) is 0.851. The molecule has 1 aromatic carbocycles. The summed E-state index contributed by atoms with van der Waals surface area (Å²) in [6.07, 6.45) is -1.75. The highest BCUT2D eigenvalue weighted by molar-refractivity contribution is 7.97. The number of halogens is 3. The predicted octanol–water partition coefficient (Wildman–Crippen LogP) is 3.60. The van der Waals surface area contributed by atoms with E-state index in [0.717, 1.165) is 30.2 Å². The van der Waals surface area contributed by atoms with Gasteiger partial charge in [0, 0.05) is 17.9 Å². The molecule has 0 unspecified atom stereocenters. The van der Waals surface area contributed by atoms with E-state index in [1.165, 1.54) is 17.7 Å². The van der Waals surface area contributed by atoms with E-state index < -0.39 is 6.36 Å². The van der Waals surface area contributed by atoms with Gasteiger partial charge in [0.1, 0.15) is 11.6 Å². The maximum absolute atomic E-state index is 12.2. The molecular formula is C14H14F3N3OS. The van der Waals surface area contributed by atoms with Gasteiger partial charge >= 0.3 is 6.36 Å². The van der Waals surface area contributed by atoms with Gasteiger partial charge in [-0.25, -0.2) is 4.68 Å². The molecule has 1 aliphatic heterocycles. The van der Waals surface area contributed by atoms with E-state index in [0.29, 0.717) is 5.69 Å². The molecule has 0 atom stereocenters. The second kappa shape index (κ2) is 5.75. The molecule has 0 aliphatic carbocycles. The summed E-state index contributed by atoms with van der Waals surface area (Å²) in [4.78, 5) is 0. The molecule has 0 saturated carbocycles. The number of benzene rings is 1. The van der Waals surface area contributed by atoms with E-state index in [4.69, 9.17) is 0 Å². The van der Waals surface area contributed by atoms with E-state index in [1.807, 2.05) is 6.26 Å². The van der Waals surface area contributed by atoms with Gasteiger partial charge in [-0.1, -0.05) is 0 Å². The van der Waals surface area contributed by atoms with Crippen LogP contribution in [0.2, 0.25) is 0 Å². The zero-order valence-corrected chi connectivity index (χ0v) is 12.6. The van der Waals surface area contributed by atoms with Crippen molar-refractivity contribution in [3.63, 3.8) is 0 Å². The molecule has 1 aromatic heterocycles. The fourth-order valence-electron chi connectivity index (χ4n) is 2.47. The maximum Gasteiger partial charge on any atom is 0.573 e. The van der Waals surface area contributed by atoms with Crippen molar-refractivity contribution in [1.29, 1.82) is 0 Å². The van der Waals surface area contributed by atoms with Gasteiger partial charge in [0.05, 0.1) is 11.4 Å². The summed E-state index contributed by atoms with van der Waals surface area (Å²) in [7, 11) is 0. The molecule has 118 valence electrons. The van der Waals surface area contributed by atoms with Crippen LogP contribution in [0.4, 0.5) is 19.0 Å². The third kappa shape index (κ3) is 3.01. The van der Waals surface area contributed by atoms with Gasteiger partial charge in [0.15, 0.2) is 0 Å². The lowest BCUT2D eigenvalue weighted by Gasteiger charge is -2.10. The van der Waals surface area contributed by atoms with Crippen LogP contribution >= 0.6 is 11.8 Å². The van der Waals surface area contributed by atoms with Crippen molar-refractivity contribution in [3.05, 3.63) is 35.5 Å². The van der Waals surface area contributed by atoms with Gasteiger partial charge in [0.2, 0.25) is 0 Å². The number of alkyl halides is 3. The van der Waals surface area contributed by atoms with Gasteiger partial charge < -0.3 is 10.1 Å². The first-order valence-corrected chi connectivity index (χ1v) is 8.07. The quantitative estimate of drug-likeness (QED) is 0.930. The third-order valence-corrected chi connectivity index (χ3v) is 3.89. The highest BCUT2D eigenvalue weighted by atomic mass is 32.2. The fourth-order valence-corrected chi connectivity index (χ4v) is 2.98. The summed E-state index contributed by atoms with van der Waals surface area (Å²) in [5, 5.41) is 7.85. The summed E-state index contributed by atoms with van der Waals surface area (Å²) in [5.74, 6) is 1.50. The minimum atomic E-state index is -4.68. The van der Waals surface area contributed by atoms with Crippen molar-refractivity contribution in [2.75, 3.05) is 18.1 Å². The second-order valence-corrected chi connectivity index (χ2v) is 5.70. The van der Waals surface area contributed by atoms with Crippen LogP contribution in [0.3, 0.4) is 0 Å². The van der Waals surface area contributed by atoms with Crippen molar-refractivity contribution in [3.8, 4) is 11.4 Å². The summed E-state index contributed by atoms with van der Waals surface area (Å²) < 4.78 is 42.2. The number of anilines is 1. The summed E-state index contributed by atoms with van der Waals surface area (Å²) in [5.41, 5.74) is 2.90. The van der Waals surface area contributed by atoms with Crippen LogP contribution in [0.5, 0.6) is 5.75 Å². The van der Waals surface area contributed by atoms with Gasteiger partial charge in [-0.2, -0.15) is 16.9 Å². The average molecular weight is 329 g/mol. The molecule has 3 rings (SSSR count). The van der Waals surface area contributed by atoms with E-state index in [-0.39, 0.29) is 5.75 Å². The molecule has 0 radical (unpaired) electrons. The SMILES string of the molecule is CSCc1nn(-c2ccc(OC(F)(F)F)cc2)c2c1CCN2. The normalized spacial score (nSPS) is 13.8. The molecule has 0 saturated heterocycles. The lowest BCUT2D eigenvalue weighted by Crippen LogP contribution is -2.17. The number of nitrogens with one attached hydrogen (secondary N) is 1. The minimum absolute atomic E-state index is 0.239. The maximum atomic E-state index is 12.2. The lowest BCUT2D eigenvalue weighted by molar-refractivity contribution is -0.274.